The van der Waals surface area contributed by atoms with Crippen LogP contribution in [0.15, 0.2) is 41.8 Å². The van der Waals surface area contributed by atoms with E-state index in [-0.39, 0.29) is 0 Å². The highest BCUT2D eigenvalue weighted by Crippen LogP contribution is 2.34. The Morgan fingerprint density at radius 1 is 0.862 bits per heavy atom. The van der Waals surface area contributed by atoms with Gasteiger partial charge in [0.05, 0.1) is 39.8 Å². The van der Waals surface area contributed by atoms with Crippen LogP contribution in [0.1, 0.15) is 0 Å². The molecule has 0 atom stereocenters. The molecule has 0 saturated heterocycles. The summed E-state index contributed by atoms with van der Waals surface area (Å²) in [6.45, 7) is 0. The van der Waals surface area contributed by atoms with E-state index in [0.717, 1.165) is 5.56 Å². The summed E-state index contributed by atoms with van der Waals surface area (Å²) in [5.74, 6) is 2.37. The number of ether oxygens (including phenoxy) is 4. The molecule has 3 rings (SSSR count). The van der Waals surface area contributed by atoms with Crippen molar-refractivity contribution in [2.24, 2.45) is 0 Å². The van der Waals surface area contributed by atoms with Crippen molar-refractivity contribution in [2.45, 2.75) is 0 Å². The number of nitrogens with one attached hydrogen (secondary N) is 2. The van der Waals surface area contributed by atoms with Crippen molar-refractivity contribution < 1.29 is 23.7 Å². The molecule has 1 heterocycles. The number of carbonyl (C=O) groups excluding carboxylic acids is 1. The molecule has 29 heavy (non-hydrogen) atoms. The highest BCUT2D eigenvalue weighted by molar-refractivity contribution is 7.14. The molecule has 0 aliphatic carbocycles. The Labute approximate surface area is 172 Å². The average Bonchev–Trinajstić information content (AvgIpc) is 3.21. The fourth-order valence-electron chi connectivity index (χ4n) is 2.61. The third kappa shape index (κ3) is 4.69. The zero-order valence-electron chi connectivity index (χ0n) is 16.4. The number of hydrogen-bond donors (Lipinski definition) is 2. The van der Waals surface area contributed by atoms with Gasteiger partial charge in [0.25, 0.3) is 0 Å². The molecule has 0 fully saturated rings. The van der Waals surface area contributed by atoms with Crippen molar-refractivity contribution in [1.82, 2.24) is 4.98 Å². The van der Waals surface area contributed by atoms with Gasteiger partial charge >= 0.3 is 6.03 Å². The van der Waals surface area contributed by atoms with Gasteiger partial charge in [0, 0.05) is 17.0 Å². The fraction of sp³-hybridized carbons (Fsp3) is 0.200. The monoisotopic (exact) mass is 415 g/mol. The number of carbonyl (C=O) groups is 1. The summed E-state index contributed by atoms with van der Waals surface area (Å²) < 4.78 is 21.0. The smallest absolute Gasteiger partial charge is 0.325 e. The molecule has 9 heteroatoms. The molecule has 0 aliphatic rings. The van der Waals surface area contributed by atoms with E-state index in [2.05, 4.69) is 15.6 Å². The number of benzene rings is 2. The standard InChI is InChI=1S/C20H21N3O5S/c1-25-13-6-7-14(17(10-13)27-3)21-19(24)23-20-22-15(11-29-20)12-5-8-16(26-2)18(9-12)28-4/h5-11H,1-4H3,(H2,21,22,23,24). The summed E-state index contributed by atoms with van der Waals surface area (Å²) in [4.78, 5) is 16.8. The lowest BCUT2D eigenvalue weighted by atomic mass is 10.1. The first-order chi connectivity index (χ1) is 14.1. The summed E-state index contributed by atoms with van der Waals surface area (Å²) in [7, 11) is 6.24. The summed E-state index contributed by atoms with van der Waals surface area (Å²) in [6, 6.07) is 10.2. The topological polar surface area (TPSA) is 90.9 Å². The van der Waals surface area contributed by atoms with Crippen LogP contribution in [0.2, 0.25) is 0 Å². The Hall–Kier alpha value is -3.46. The van der Waals surface area contributed by atoms with Crippen LogP contribution in [0.25, 0.3) is 11.3 Å². The summed E-state index contributed by atoms with van der Waals surface area (Å²) in [5, 5.41) is 7.78. The van der Waals surface area contributed by atoms with Crippen LogP contribution in [0, 0.1) is 0 Å². The van der Waals surface area contributed by atoms with E-state index in [4.69, 9.17) is 18.9 Å². The first kappa shape index (κ1) is 20.3. The summed E-state index contributed by atoms with van der Waals surface area (Å²) >= 11 is 1.32. The van der Waals surface area contributed by atoms with Crippen LogP contribution in [0.5, 0.6) is 23.0 Å². The number of methoxy groups -OCH3 is 4. The highest BCUT2D eigenvalue weighted by atomic mass is 32.1. The van der Waals surface area contributed by atoms with Gasteiger partial charge in [0.1, 0.15) is 11.5 Å². The fourth-order valence-corrected chi connectivity index (χ4v) is 3.33. The van der Waals surface area contributed by atoms with E-state index < -0.39 is 6.03 Å². The van der Waals surface area contributed by atoms with Crippen molar-refractivity contribution >= 4 is 28.2 Å². The second-order valence-electron chi connectivity index (χ2n) is 5.75. The molecule has 2 N–H and O–H groups in total. The Bertz CT molecular complexity index is 1010. The van der Waals surface area contributed by atoms with Gasteiger partial charge in [-0.1, -0.05) is 0 Å². The molecular formula is C20H21N3O5S. The molecule has 0 aliphatic heterocycles. The van der Waals surface area contributed by atoms with Gasteiger partial charge in [-0.15, -0.1) is 11.3 Å². The number of amides is 2. The van der Waals surface area contributed by atoms with Crippen molar-refractivity contribution in [2.75, 3.05) is 39.1 Å². The van der Waals surface area contributed by atoms with E-state index in [0.29, 0.717) is 39.5 Å². The molecule has 0 bridgehead atoms. The van der Waals surface area contributed by atoms with Crippen molar-refractivity contribution in [3.8, 4) is 34.3 Å². The molecular weight excluding hydrogens is 394 g/mol. The van der Waals surface area contributed by atoms with Gasteiger partial charge < -0.3 is 24.3 Å². The average molecular weight is 415 g/mol. The lowest BCUT2D eigenvalue weighted by Crippen LogP contribution is -2.19. The van der Waals surface area contributed by atoms with Crippen molar-refractivity contribution in [3.05, 3.63) is 41.8 Å². The molecule has 0 unspecified atom stereocenters. The first-order valence-electron chi connectivity index (χ1n) is 8.56. The van der Waals surface area contributed by atoms with Crippen LogP contribution >= 0.6 is 11.3 Å². The first-order valence-corrected chi connectivity index (χ1v) is 9.44. The van der Waals surface area contributed by atoms with Gasteiger partial charge in [-0.05, 0) is 30.3 Å². The van der Waals surface area contributed by atoms with Gasteiger partial charge in [-0.25, -0.2) is 9.78 Å². The number of hydrogen-bond acceptors (Lipinski definition) is 7. The molecule has 152 valence electrons. The Morgan fingerprint density at radius 3 is 2.31 bits per heavy atom. The second-order valence-corrected chi connectivity index (χ2v) is 6.61. The maximum atomic E-state index is 12.4. The molecule has 2 amide bonds. The SMILES string of the molecule is COc1ccc(NC(=O)Nc2nc(-c3ccc(OC)c(OC)c3)cs2)c(OC)c1. The van der Waals surface area contributed by atoms with E-state index in [1.54, 1.807) is 39.5 Å². The summed E-state index contributed by atoms with van der Waals surface area (Å²) in [6.07, 6.45) is 0. The number of anilines is 2. The van der Waals surface area contributed by atoms with Gasteiger partial charge in [-0.2, -0.15) is 0 Å². The van der Waals surface area contributed by atoms with Gasteiger partial charge in [-0.3, -0.25) is 5.32 Å². The third-order valence-corrected chi connectivity index (χ3v) is 4.82. The van der Waals surface area contributed by atoms with Crippen LogP contribution in [-0.4, -0.2) is 39.5 Å². The van der Waals surface area contributed by atoms with Crippen LogP contribution in [-0.2, 0) is 0 Å². The van der Waals surface area contributed by atoms with E-state index in [9.17, 15) is 4.79 Å². The Morgan fingerprint density at radius 2 is 1.62 bits per heavy atom. The van der Waals surface area contributed by atoms with Gasteiger partial charge in [0.15, 0.2) is 16.6 Å². The molecule has 0 radical (unpaired) electrons. The Kier molecular flexibility index (Phi) is 6.40. The second kappa shape index (κ2) is 9.16. The predicted molar refractivity (Wildman–Crippen MR) is 113 cm³/mol. The minimum atomic E-state index is -0.429. The van der Waals surface area contributed by atoms with Crippen LogP contribution < -0.4 is 29.6 Å². The van der Waals surface area contributed by atoms with Crippen LogP contribution in [0.4, 0.5) is 15.6 Å². The largest absolute Gasteiger partial charge is 0.497 e. The number of aromatic nitrogens is 1. The molecule has 8 nitrogen and oxygen atoms in total. The number of thiazole rings is 1. The lowest BCUT2D eigenvalue weighted by molar-refractivity contribution is 0.262. The molecule has 3 aromatic rings. The van der Waals surface area contributed by atoms with Crippen LogP contribution in [0.3, 0.4) is 0 Å². The molecule has 0 saturated carbocycles. The molecule has 0 spiro atoms. The number of rotatable bonds is 7. The normalized spacial score (nSPS) is 10.2. The zero-order valence-corrected chi connectivity index (χ0v) is 17.3. The quantitative estimate of drug-likeness (QED) is 0.591. The Balaban J connectivity index is 1.71. The highest BCUT2D eigenvalue weighted by Gasteiger charge is 2.13. The maximum absolute atomic E-state index is 12.4. The third-order valence-electron chi connectivity index (χ3n) is 4.06. The molecule has 2 aromatic carbocycles. The van der Waals surface area contributed by atoms with Crippen molar-refractivity contribution in [3.63, 3.8) is 0 Å². The van der Waals surface area contributed by atoms with Crippen molar-refractivity contribution in [1.29, 1.82) is 0 Å². The van der Waals surface area contributed by atoms with E-state index in [1.807, 2.05) is 23.6 Å². The summed E-state index contributed by atoms with van der Waals surface area (Å²) in [5.41, 5.74) is 2.08. The van der Waals surface area contributed by atoms with E-state index in [1.165, 1.54) is 18.4 Å². The number of nitrogens with zero attached hydrogens (tertiary/aromatic N) is 1. The van der Waals surface area contributed by atoms with Gasteiger partial charge in [0.2, 0.25) is 0 Å². The molecule has 1 aromatic heterocycles. The van der Waals surface area contributed by atoms with E-state index >= 15 is 0 Å². The maximum Gasteiger partial charge on any atom is 0.325 e. The minimum absolute atomic E-state index is 0.429. The predicted octanol–water partition coefficient (Wildman–Crippen LogP) is 4.49. The minimum Gasteiger partial charge on any atom is -0.497 e. The number of urea groups is 1. The lowest BCUT2D eigenvalue weighted by Gasteiger charge is -2.11. The zero-order chi connectivity index (χ0) is 20.8.